The summed E-state index contributed by atoms with van der Waals surface area (Å²) in [5.74, 6) is -0.774. The van der Waals surface area contributed by atoms with E-state index in [2.05, 4.69) is 15.8 Å². The molecule has 2 heterocycles. The molecule has 0 unspecified atom stereocenters. The number of pyridine rings is 1. The number of amides is 2. The molecule has 128 valence electrons. The van der Waals surface area contributed by atoms with Gasteiger partial charge in [-0.25, -0.2) is 0 Å². The minimum atomic E-state index is -0.414. The number of rotatable bonds is 3. The molecule has 0 aliphatic rings. The van der Waals surface area contributed by atoms with Crippen molar-refractivity contribution in [3.8, 4) is 0 Å². The lowest BCUT2D eigenvalue weighted by Gasteiger charge is -2.08. The third-order valence-corrected chi connectivity index (χ3v) is 4.48. The lowest BCUT2D eigenvalue weighted by molar-refractivity contribution is -0.121. The van der Waals surface area contributed by atoms with Crippen LogP contribution in [0.2, 0.25) is 5.02 Å². The van der Waals surface area contributed by atoms with Crippen molar-refractivity contribution < 1.29 is 14.0 Å². The number of furan rings is 1. The van der Waals surface area contributed by atoms with Gasteiger partial charge in [0.15, 0.2) is 0 Å². The number of aromatic nitrogens is 1. The Balaban J connectivity index is 1.70. The van der Waals surface area contributed by atoms with Crippen molar-refractivity contribution in [2.24, 2.45) is 0 Å². The largest absolute Gasteiger partial charge is 0.464 e. The number of aryl methyl sites for hydroxylation is 2. The summed E-state index contributed by atoms with van der Waals surface area (Å²) in [6.07, 6.45) is 4.60. The Morgan fingerprint density at radius 1 is 1.20 bits per heavy atom. The third kappa shape index (κ3) is 3.49. The fraction of sp³-hybridized carbons (Fsp3) is 0.167. The van der Waals surface area contributed by atoms with Gasteiger partial charge in [0.2, 0.25) is 5.91 Å². The summed E-state index contributed by atoms with van der Waals surface area (Å²) in [6.45, 7) is 3.79. The zero-order valence-corrected chi connectivity index (χ0v) is 14.5. The van der Waals surface area contributed by atoms with E-state index in [1.807, 2.05) is 19.9 Å². The minimum Gasteiger partial charge on any atom is -0.464 e. The molecule has 0 aliphatic carbocycles. The number of fused-ring (bicyclic) bond motifs is 1. The third-order valence-electron chi connectivity index (χ3n) is 3.90. The van der Waals surface area contributed by atoms with Crippen LogP contribution in [0.3, 0.4) is 0 Å². The molecule has 0 radical (unpaired) electrons. The molecule has 0 bridgehead atoms. The van der Waals surface area contributed by atoms with E-state index < -0.39 is 5.91 Å². The van der Waals surface area contributed by atoms with Gasteiger partial charge in [-0.05, 0) is 43.2 Å². The van der Waals surface area contributed by atoms with Crippen LogP contribution in [0.1, 0.15) is 27.0 Å². The summed E-state index contributed by atoms with van der Waals surface area (Å²) in [5, 5.41) is 1.48. The van der Waals surface area contributed by atoms with Crippen LogP contribution in [0.4, 0.5) is 0 Å². The van der Waals surface area contributed by atoms with Gasteiger partial charge in [0.05, 0.1) is 12.7 Å². The lowest BCUT2D eigenvalue weighted by atomic mass is 10.0. The second-order valence-electron chi connectivity index (χ2n) is 5.68. The number of carbonyl (C=O) groups is 2. The van der Waals surface area contributed by atoms with Crippen LogP contribution in [0.25, 0.3) is 11.0 Å². The number of nitrogens with zero attached hydrogens (tertiary/aromatic N) is 1. The summed E-state index contributed by atoms with van der Waals surface area (Å²) in [7, 11) is 0. The molecule has 3 rings (SSSR count). The Hall–Kier alpha value is -2.86. The van der Waals surface area contributed by atoms with Crippen LogP contribution < -0.4 is 10.9 Å². The van der Waals surface area contributed by atoms with Crippen LogP contribution in [0.5, 0.6) is 0 Å². The van der Waals surface area contributed by atoms with Crippen LogP contribution >= 0.6 is 11.6 Å². The van der Waals surface area contributed by atoms with Gasteiger partial charge in [-0.15, -0.1) is 0 Å². The van der Waals surface area contributed by atoms with E-state index in [9.17, 15) is 9.59 Å². The van der Waals surface area contributed by atoms with Crippen molar-refractivity contribution in [2.45, 2.75) is 20.3 Å². The summed E-state index contributed by atoms with van der Waals surface area (Å²) < 4.78 is 5.53. The van der Waals surface area contributed by atoms with Gasteiger partial charge in [-0.1, -0.05) is 11.6 Å². The second-order valence-corrected chi connectivity index (χ2v) is 6.06. The Kier molecular flexibility index (Phi) is 4.72. The van der Waals surface area contributed by atoms with Crippen molar-refractivity contribution in [3.05, 3.63) is 64.1 Å². The van der Waals surface area contributed by atoms with Gasteiger partial charge in [-0.3, -0.25) is 25.4 Å². The van der Waals surface area contributed by atoms with E-state index in [1.165, 1.54) is 18.7 Å². The van der Waals surface area contributed by atoms with Gasteiger partial charge < -0.3 is 4.42 Å². The van der Waals surface area contributed by atoms with E-state index in [-0.39, 0.29) is 12.3 Å². The SMILES string of the molecule is Cc1cc2occ(CC(=O)NNC(=O)c3ccncc3)c2c(C)c1Cl. The molecule has 1 aromatic carbocycles. The molecule has 2 amide bonds. The molecule has 0 saturated heterocycles. The monoisotopic (exact) mass is 357 g/mol. The highest BCUT2D eigenvalue weighted by Crippen LogP contribution is 2.32. The van der Waals surface area contributed by atoms with Crippen molar-refractivity contribution in [2.75, 3.05) is 0 Å². The number of hydrogen-bond acceptors (Lipinski definition) is 4. The molecule has 0 atom stereocenters. The average molecular weight is 358 g/mol. The molecule has 3 aromatic rings. The highest BCUT2D eigenvalue weighted by Gasteiger charge is 2.16. The first-order valence-electron chi connectivity index (χ1n) is 7.62. The number of benzene rings is 1. The molecule has 7 heteroatoms. The molecular formula is C18H16ClN3O3. The van der Waals surface area contributed by atoms with E-state index in [0.717, 1.165) is 16.5 Å². The number of hydrogen-bond donors (Lipinski definition) is 2. The molecule has 2 aromatic heterocycles. The maximum Gasteiger partial charge on any atom is 0.269 e. The van der Waals surface area contributed by atoms with Crippen molar-refractivity contribution in [1.82, 2.24) is 15.8 Å². The van der Waals surface area contributed by atoms with E-state index >= 15 is 0 Å². The van der Waals surface area contributed by atoms with E-state index in [4.69, 9.17) is 16.0 Å². The summed E-state index contributed by atoms with van der Waals surface area (Å²) in [4.78, 5) is 27.9. The Bertz CT molecular complexity index is 951. The summed E-state index contributed by atoms with van der Waals surface area (Å²) >= 11 is 6.29. The molecule has 0 saturated carbocycles. The number of halogens is 1. The second kappa shape index (κ2) is 6.94. The normalized spacial score (nSPS) is 10.7. The smallest absolute Gasteiger partial charge is 0.269 e. The van der Waals surface area contributed by atoms with Crippen LogP contribution in [-0.2, 0) is 11.2 Å². The maximum absolute atomic E-state index is 12.1. The Labute approximate surface area is 149 Å². The molecule has 6 nitrogen and oxygen atoms in total. The predicted octanol–water partition coefficient (Wildman–Crippen LogP) is 3.10. The average Bonchev–Trinajstić information content (AvgIpc) is 3.00. The summed E-state index contributed by atoms with van der Waals surface area (Å²) in [6, 6.07) is 4.95. The summed E-state index contributed by atoms with van der Waals surface area (Å²) in [5.41, 5.74) is 8.36. The first-order valence-corrected chi connectivity index (χ1v) is 8.00. The fourth-order valence-electron chi connectivity index (χ4n) is 2.66. The highest BCUT2D eigenvalue weighted by atomic mass is 35.5. The van der Waals surface area contributed by atoms with Gasteiger partial charge >= 0.3 is 0 Å². The quantitative estimate of drug-likeness (QED) is 0.705. The fourth-order valence-corrected chi connectivity index (χ4v) is 2.81. The first-order chi connectivity index (χ1) is 12.0. The zero-order valence-electron chi connectivity index (χ0n) is 13.7. The molecule has 2 N–H and O–H groups in total. The van der Waals surface area contributed by atoms with Gasteiger partial charge in [0, 0.05) is 33.9 Å². The lowest BCUT2D eigenvalue weighted by Crippen LogP contribution is -2.42. The molecule has 25 heavy (non-hydrogen) atoms. The molecule has 0 spiro atoms. The van der Waals surface area contributed by atoms with Gasteiger partial charge in [-0.2, -0.15) is 0 Å². The predicted molar refractivity (Wildman–Crippen MR) is 94.2 cm³/mol. The van der Waals surface area contributed by atoms with Gasteiger partial charge in [0.25, 0.3) is 5.91 Å². The molecule has 0 fully saturated rings. The van der Waals surface area contributed by atoms with E-state index in [1.54, 1.807) is 12.1 Å². The van der Waals surface area contributed by atoms with Gasteiger partial charge in [0.1, 0.15) is 5.58 Å². The van der Waals surface area contributed by atoms with Crippen LogP contribution in [0, 0.1) is 13.8 Å². The number of carbonyl (C=O) groups excluding carboxylic acids is 2. The van der Waals surface area contributed by atoms with Crippen molar-refractivity contribution in [3.63, 3.8) is 0 Å². The Morgan fingerprint density at radius 2 is 1.92 bits per heavy atom. The van der Waals surface area contributed by atoms with Crippen LogP contribution in [0.15, 0.2) is 41.3 Å². The number of hydrazine groups is 1. The minimum absolute atomic E-state index is 0.0594. The van der Waals surface area contributed by atoms with Crippen molar-refractivity contribution in [1.29, 1.82) is 0 Å². The van der Waals surface area contributed by atoms with Crippen LogP contribution in [-0.4, -0.2) is 16.8 Å². The van der Waals surface area contributed by atoms with Crippen molar-refractivity contribution >= 4 is 34.4 Å². The molecular weight excluding hydrogens is 342 g/mol. The Morgan fingerprint density at radius 3 is 2.64 bits per heavy atom. The highest BCUT2D eigenvalue weighted by molar-refractivity contribution is 6.33. The first kappa shape index (κ1) is 17.0. The maximum atomic E-state index is 12.1. The topological polar surface area (TPSA) is 84.2 Å². The number of nitrogens with one attached hydrogen (secondary N) is 2. The van der Waals surface area contributed by atoms with E-state index in [0.29, 0.717) is 21.7 Å². The standard InChI is InChI=1S/C18H16ClN3O3/c1-10-7-14-16(11(2)17(10)19)13(9-25-14)8-15(23)21-22-18(24)12-3-5-20-6-4-12/h3-7,9H,8H2,1-2H3,(H,21,23)(H,22,24). The molecule has 0 aliphatic heterocycles. The zero-order chi connectivity index (χ0) is 18.0.